The van der Waals surface area contributed by atoms with Crippen LogP contribution in [0, 0.1) is 0 Å². The van der Waals surface area contributed by atoms with Crippen LogP contribution in [0.4, 0.5) is 4.79 Å². The monoisotopic (exact) mass is 359 g/mol. The Labute approximate surface area is 146 Å². The van der Waals surface area contributed by atoms with Crippen molar-refractivity contribution in [2.45, 2.75) is 90.2 Å². The molecule has 1 heterocycles. The number of rotatable bonds is 3. The molecule has 0 saturated carbocycles. The molecule has 6 nitrogen and oxygen atoms in total. The molecule has 3 atom stereocenters. The first-order valence-corrected chi connectivity index (χ1v) is 11.3. The molecule has 1 N–H and O–H groups in total. The summed E-state index contributed by atoms with van der Waals surface area (Å²) in [5, 5.41) is 22.0. The molecule has 24 heavy (non-hydrogen) atoms. The average Bonchev–Trinajstić information content (AvgIpc) is 2.61. The van der Waals surface area contributed by atoms with E-state index in [0.717, 1.165) is 0 Å². The first kappa shape index (κ1) is 21.1. The van der Waals surface area contributed by atoms with Crippen LogP contribution in [0.25, 0.3) is 0 Å². The Kier molecular flexibility index (Phi) is 5.11. The molecule has 0 aliphatic carbocycles. The Morgan fingerprint density at radius 1 is 1.21 bits per heavy atom. The van der Waals surface area contributed by atoms with Crippen LogP contribution >= 0.6 is 0 Å². The van der Waals surface area contributed by atoms with Crippen molar-refractivity contribution in [2.24, 2.45) is 0 Å². The van der Waals surface area contributed by atoms with Crippen molar-refractivity contribution in [2.75, 3.05) is 6.54 Å². The van der Waals surface area contributed by atoms with E-state index in [1.54, 1.807) is 20.8 Å². The lowest BCUT2D eigenvalue weighted by Crippen LogP contribution is -2.76. The molecule has 7 heteroatoms. The van der Waals surface area contributed by atoms with Gasteiger partial charge >= 0.3 is 5.97 Å². The molecule has 140 valence electrons. The van der Waals surface area contributed by atoms with Gasteiger partial charge in [-0.25, -0.2) is 4.79 Å². The molecule has 1 aliphatic heterocycles. The fourth-order valence-corrected chi connectivity index (χ4v) is 5.00. The highest BCUT2D eigenvalue weighted by Crippen LogP contribution is 2.47. The standard InChI is InChI=1S/C17H33NO5Si/c1-15(2,3)18(14(21)22)11-12(10-17(18,7)13(19)20)23-24(8,9)16(4,5)6/h12H,10-11H2,1-9H3,(H-,19,20,21,22)/t12-,17+,18?/m1/s1. The second-order valence-electron chi connectivity index (χ2n) is 9.71. The van der Waals surface area contributed by atoms with Crippen LogP contribution in [-0.2, 0) is 9.22 Å². The summed E-state index contributed by atoms with van der Waals surface area (Å²) in [4.78, 5) is 24.2. The van der Waals surface area contributed by atoms with Gasteiger partial charge in [0.2, 0.25) is 5.54 Å². The van der Waals surface area contributed by atoms with Crippen LogP contribution in [0.5, 0.6) is 0 Å². The van der Waals surface area contributed by atoms with E-state index in [0.29, 0.717) is 0 Å². The van der Waals surface area contributed by atoms with Gasteiger partial charge in [0, 0.05) is 13.3 Å². The highest BCUT2D eigenvalue weighted by atomic mass is 28.4. The van der Waals surface area contributed by atoms with Gasteiger partial charge < -0.3 is 19.4 Å². The van der Waals surface area contributed by atoms with E-state index in [-0.39, 0.29) is 18.0 Å². The van der Waals surface area contributed by atoms with E-state index in [1.807, 2.05) is 0 Å². The molecular weight excluding hydrogens is 326 g/mol. The van der Waals surface area contributed by atoms with Crippen molar-refractivity contribution in [3.05, 3.63) is 0 Å². The van der Waals surface area contributed by atoms with Gasteiger partial charge in [-0.15, -0.1) is 0 Å². The molecule has 0 bridgehead atoms. The normalized spacial score (nSPS) is 32.0. The lowest BCUT2D eigenvalue weighted by atomic mass is 9.90. The number of amides is 1. The number of carboxylic acid groups (broad SMARTS) is 2. The van der Waals surface area contributed by atoms with Gasteiger partial charge in [0.1, 0.15) is 12.6 Å². The van der Waals surface area contributed by atoms with Crippen LogP contribution in [0.3, 0.4) is 0 Å². The molecule has 1 saturated heterocycles. The highest BCUT2D eigenvalue weighted by Gasteiger charge is 2.67. The van der Waals surface area contributed by atoms with E-state index in [1.165, 1.54) is 6.92 Å². The Balaban J connectivity index is 3.38. The predicted octanol–water partition coefficient (Wildman–Crippen LogP) is 2.58. The number of quaternary nitrogens is 1. The Hall–Kier alpha value is -0.923. The number of carbonyl (C=O) groups is 2. The molecule has 0 aromatic heterocycles. The van der Waals surface area contributed by atoms with E-state index in [9.17, 15) is 19.8 Å². The van der Waals surface area contributed by atoms with Gasteiger partial charge in [-0.3, -0.25) is 4.48 Å². The Bertz CT molecular complexity index is 534. The van der Waals surface area contributed by atoms with Crippen molar-refractivity contribution in [3.63, 3.8) is 0 Å². The van der Waals surface area contributed by atoms with Crippen LogP contribution in [0.15, 0.2) is 0 Å². The zero-order valence-electron chi connectivity index (χ0n) is 16.5. The summed E-state index contributed by atoms with van der Waals surface area (Å²) in [6.45, 7) is 17.4. The topological polar surface area (TPSA) is 86.7 Å². The summed E-state index contributed by atoms with van der Waals surface area (Å²) in [5.74, 6) is -1.12. The maximum Gasteiger partial charge on any atom is 0.366 e. The van der Waals surface area contributed by atoms with Crippen molar-refractivity contribution >= 4 is 20.4 Å². The van der Waals surface area contributed by atoms with Crippen molar-refractivity contribution < 1.29 is 28.7 Å². The third-order valence-corrected chi connectivity index (χ3v) is 10.7. The molecule has 1 unspecified atom stereocenters. The van der Waals surface area contributed by atoms with Gasteiger partial charge in [0.05, 0.1) is 5.54 Å². The van der Waals surface area contributed by atoms with Crippen LogP contribution in [0.1, 0.15) is 54.9 Å². The lowest BCUT2D eigenvalue weighted by molar-refractivity contribution is -0.944. The van der Waals surface area contributed by atoms with Gasteiger partial charge in [-0.1, -0.05) is 20.8 Å². The largest absolute Gasteiger partial charge is 0.498 e. The summed E-state index contributed by atoms with van der Waals surface area (Å²) in [7, 11) is -2.14. The Morgan fingerprint density at radius 2 is 1.67 bits per heavy atom. The van der Waals surface area contributed by atoms with Gasteiger partial charge in [-0.05, 0) is 38.9 Å². The predicted molar refractivity (Wildman–Crippen MR) is 93.0 cm³/mol. The smallest absolute Gasteiger partial charge is 0.366 e. The number of likely N-dealkylation sites (tertiary alicyclic amines) is 1. The third-order valence-electron chi connectivity index (χ3n) is 6.13. The summed E-state index contributed by atoms with van der Waals surface area (Å²) in [6.07, 6.45) is -1.60. The Morgan fingerprint density at radius 3 is 1.92 bits per heavy atom. The molecule has 1 aliphatic rings. The SMILES string of the molecule is CC(C)(C)[N+]1(C(=O)[O-])C[C@H](O[Si](C)(C)C(C)(C)C)C[C@@]1(C)C(=O)O. The van der Waals surface area contributed by atoms with Gasteiger partial charge in [-0.2, -0.15) is 0 Å². The number of carboxylic acids is 1. The van der Waals surface area contributed by atoms with Crippen LogP contribution in [-0.4, -0.2) is 53.7 Å². The minimum Gasteiger partial charge on any atom is -0.498 e. The summed E-state index contributed by atoms with van der Waals surface area (Å²) in [6, 6.07) is 0. The quantitative estimate of drug-likeness (QED) is 0.618. The number of carbonyl (C=O) groups excluding carboxylic acids is 1. The zero-order chi connectivity index (χ0) is 19.4. The molecule has 0 aromatic rings. The zero-order valence-corrected chi connectivity index (χ0v) is 17.5. The van der Waals surface area contributed by atoms with Crippen LogP contribution in [0.2, 0.25) is 18.1 Å². The number of nitrogens with zero attached hydrogens (tertiary/aromatic N) is 1. The van der Waals surface area contributed by atoms with Crippen LogP contribution < -0.4 is 5.11 Å². The fourth-order valence-electron chi connectivity index (χ4n) is 3.66. The summed E-state index contributed by atoms with van der Waals surface area (Å²) in [5.41, 5.74) is -2.30. The van der Waals surface area contributed by atoms with Crippen molar-refractivity contribution in [1.82, 2.24) is 0 Å². The van der Waals surface area contributed by atoms with E-state index < -0.39 is 42.0 Å². The molecule has 0 radical (unpaired) electrons. The number of hydrogen-bond acceptors (Lipinski definition) is 4. The number of aliphatic carboxylic acids is 1. The van der Waals surface area contributed by atoms with E-state index in [2.05, 4.69) is 33.9 Å². The fraction of sp³-hybridized carbons (Fsp3) is 0.882. The summed E-state index contributed by atoms with van der Waals surface area (Å²) >= 11 is 0. The minimum atomic E-state index is -2.14. The van der Waals surface area contributed by atoms with Crippen molar-refractivity contribution in [3.8, 4) is 0 Å². The van der Waals surface area contributed by atoms with E-state index in [4.69, 9.17) is 4.43 Å². The second-order valence-corrected chi connectivity index (χ2v) is 14.5. The second kappa shape index (κ2) is 5.81. The molecule has 1 rings (SSSR count). The van der Waals surface area contributed by atoms with E-state index >= 15 is 0 Å². The molecule has 1 amide bonds. The summed E-state index contributed by atoms with van der Waals surface area (Å²) < 4.78 is 5.75. The molecule has 0 aromatic carbocycles. The van der Waals surface area contributed by atoms with Gasteiger partial charge in [0.25, 0.3) is 6.09 Å². The first-order valence-electron chi connectivity index (χ1n) is 8.43. The van der Waals surface area contributed by atoms with Crippen molar-refractivity contribution in [1.29, 1.82) is 0 Å². The first-order chi connectivity index (χ1) is 10.4. The highest BCUT2D eigenvalue weighted by molar-refractivity contribution is 6.74. The molecule has 1 fully saturated rings. The number of hydrogen-bond donors (Lipinski definition) is 1. The molecular formula is C17H33NO5Si. The lowest BCUT2D eigenvalue weighted by Gasteiger charge is -2.52. The van der Waals surface area contributed by atoms with Gasteiger partial charge in [0.15, 0.2) is 8.32 Å². The maximum atomic E-state index is 12.2. The average molecular weight is 360 g/mol. The minimum absolute atomic E-state index is 0.0336. The third kappa shape index (κ3) is 3.02. The maximum absolute atomic E-state index is 12.2. The molecule has 0 spiro atoms.